The van der Waals surface area contributed by atoms with Crippen molar-refractivity contribution in [2.45, 2.75) is 26.4 Å². The van der Waals surface area contributed by atoms with Crippen LogP contribution in [-0.2, 0) is 16.1 Å². The minimum Gasteiger partial charge on any atom is -0.483 e. The molecule has 1 atom stereocenters. The molecule has 0 heterocycles. The number of ether oxygens (including phenoxy) is 1. The Morgan fingerprint density at radius 1 is 1.03 bits per heavy atom. The van der Waals surface area contributed by atoms with Gasteiger partial charge in [-0.15, -0.1) is 0 Å². The Labute approximate surface area is 191 Å². The monoisotopic (exact) mass is 458 g/mol. The minimum atomic E-state index is -0.682. The summed E-state index contributed by atoms with van der Waals surface area (Å²) in [4.78, 5) is 27.1. The molecule has 0 saturated carbocycles. The molecule has 2 amide bonds. The third-order valence-corrected chi connectivity index (χ3v) is 5.70. The summed E-state index contributed by atoms with van der Waals surface area (Å²) >= 11 is 12.1. The first-order valence-corrected chi connectivity index (χ1v) is 10.8. The first-order valence-electron chi connectivity index (χ1n) is 10.0. The smallest absolute Gasteiger partial charge is 0.261 e. The summed E-state index contributed by atoms with van der Waals surface area (Å²) in [6.07, 6.45) is 0. The average Bonchev–Trinajstić information content (AvgIpc) is 2.77. The van der Waals surface area contributed by atoms with Crippen molar-refractivity contribution >= 4 is 45.8 Å². The van der Waals surface area contributed by atoms with Crippen molar-refractivity contribution in [1.29, 1.82) is 0 Å². The first-order chi connectivity index (χ1) is 14.9. The van der Waals surface area contributed by atoms with E-state index >= 15 is 0 Å². The number of hydrogen-bond acceptors (Lipinski definition) is 3. The van der Waals surface area contributed by atoms with Gasteiger partial charge in [0.1, 0.15) is 11.8 Å². The summed E-state index contributed by atoms with van der Waals surface area (Å²) in [7, 11) is 0. The third kappa shape index (κ3) is 5.69. The highest BCUT2D eigenvalue weighted by molar-refractivity contribution is 6.42. The number of hydrogen-bond donors (Lipinski definition) is 1. The van der Waals surface area contributed by atoms with Gasteiger partial charge in [0, 0.05) is 18.5 Å². The molecule has 0 aliphatic carbocycles. The lowest BCUT2D eigenvalue weighted by atomic mass is 10.1. The van der Waals surface area contributed by atoms with E-state index in [2.05, 4.69) is 5.32 Å². The summed E-state index contributed by atoms with van der Waals surface area (Å²) in [5.74, 6) is 0.0745. The number of nitrogens with zero attached hydrogens (tertiary/aromatic N) is 1. The fourth-order valence-electron chi connectivity index (χ4n) is 3.28. The fourth-order valence-corrected chi connectivity index (χ4v) is 3.60. The van der Waals surface area contributed by atoms with Crippen LogP contribution in [0.15, 0.2) is 60.7 Å². The van der Waals surface area contributed by atoms with Gasteiger partial charge >= 0.3 is 0 Å². The standard InChI is InChI=1S/C24H24Cl2N2O3/c1-3-27-24(30)16(2)28(14-17-11-12-20(25)21(26)13-17)23(29)15-31-22-10-6-8-18-7-4-5-9-19(18)22/h4-13,16H,3,14-15H2,1-2H3,(H,27,30)/t16-/m0/s1. The topological polar surface area (TPSA) is 58.6 Å². The maximum atomic E-state index is 13.1. The summed E-state index contributed by atoms with van der Waals surface area (Å²) in [5.41, 5.74) is 0.768. The molecule has 0 spiro atoms. The van der Waals surface area contributed by atoms with Crippen LogP contribution in [0.5, 0.6) is 5.75 Å². The number of amides is 2. The third-order valence-electron chi connectivity index (χ3n) is 4.96. The van der Waals surface area contributed by atoms with Crippen LogP contribution < -0.4 is 10.1 Å². The van der Waals surface area contributed by atoms with E-state index in [1.807, 2.05) is 49.4 Å². The molecular formula is C24H24Cl2N2O3. The van der Waals surface area contributed by atoms with Crippen molar-refractivity contribution in [3.8, 4) is 5.75 Å². The van der Waals surface area contributed by atoms with Gasteiger partial charge in [0.05, 0.1) is 10.0 Å². The largest absolute Gasteiger partial charge is 0.483 e. The second kappa shape index (κ2) is 10.5. The van der Waals surface area contributed by atoms with Crippen LogP contribution in [0.2, 0.25) is 10.0 Å². The number of rotatable bonds is 8. The predicted octanol–water partition coefficient (Wildman–Crippen LogP) is 5.08. The molecule has 5 nitrogen and oxygen atoms in total. The van der Waals surface area contributed by atoms with Crippen molar-refractivity contribution in [2.75, 3.05) is 13.2 Å². The molecule has 0 bridgehead atoms. The van der Waals surface area contributed by atoms with Crippen LogP contribution in [0.4, 0.5) is 0 Å². The van der Waals surface area contributed by atoms with E-state index in [-0.39, 0.29) is 25.0 Å². The molecule has 162 valence electrons. The van der Waals surface area contributed by atoms with Gasteiger partial charge in [-0.1, -0.05) is 65.7 Å². The molecule has 0 radical (unpaired) electrons. The van der Waals surface area contributed by atoms with Crippen LogP contribution >= 0.6 is 23.2 Å². The molecule has 7 heteroatoms. The van der Waals surface area contributed by atoms with Crippen LogP contribution in [0, 0.1) is 0 Å². The van der Waals surface area contributed by atoms with E-state index in [9.17, 15) is 9.59 Å². The number of likely N-dealkylation sites (N-methyl/N-ethyl adjacent to an activating group) is 1. The van der Waals surface area contributed by atoms with Crippen molar-refractivity contribution in [3.63, 3.8) is 0 Å². The molecular weight excluding hydrogens is 435 g/mol. The van der Waals surface area contributed by atoms with Crippen LogP contribution in [-0.4, -0.2) is 35.9 Å². The Kier molecular flexibility index (Phi) is 7.77. The zero-order valence-electron chi connectivity index (χ0n) is 17.4. The van der Waals surface area contributed by atoms with Crippen LogP contribution in [0.25, 0.3) is 10.8 Å². The maximum Gasteiger partial charge on any atom is 0.261 e. The van der Waals surface area contributed by atoms with Gasteiger partial charge < -0.3 is 15.0 Å². The number of fused-ring (bicyclic) bond motifs is 1. The molecule has 1 N–H and O–H groups in total. The SMILES string of the molecule is CCNC(=O)[C@H](C)N(Cc1ccc(Cl)c(Cl)c1)C(=O)COc1cccc2ccccc12. The van der Waals surface area contributed by atoms with Gasteiger partial charge in [-0.3, -0.25) is 9.59 Å². The Bertz CT molecular complexity index is 1080. The second-order valence-electron chi connectivity index (χ2n) is 7.11. The Balaban J connectivity index is 1.80. The minimum absolute atomic E-state index is 0.195. The number of nitrogens with one attached hydrogen (secondary N) is 1. The molecule has 3 aromatic rings. The highest BCUT2D eigenvalue weighted by atomic mass is 35.5. The van der Waals surface area contributed by atoms with Gasteiger partial charge in [0.2, 0.25) is 5.91 Å². The van der Waals surface area contributed by atoms with Gasteiger partial charge in [0.25, 0.3) is 5.91 Å². The normalized spacial score (nSPS) is 11.7. The van der Waals surface area contributed by atoms with Crippen molar-refractivity contribution in [2.24, 2.45) is 0 Å². The lowest BCUT2D eigenvalue weighted by Gasteiger charge is -2.28. The highest BCUT2D eigenvalue weighted by Crippen LogP contribution is 2.26. The van der Waals surface area contributed by atoms with Crippen molar-refractivity contribution in [1.82, 2.24) is 10.2 Å². The number of halogens is 2. The van der Waals surface area contributed by atoms with Crippen molar-refractivity contribution in [3.05, 3.63) is 76.3 Å². The van der Waals surface area contributed by atoms with Gasteiger partial charge in [-0.25, -0.2) is 0 Å². The summed E-state index contributed by atoms with van der Waals surface area (Å²) < 4.78 is 5.86. The molecule has 0 aliphatic rings. The summed E-state index contributed by atoms with van der Waals surface area (Å²) in [6, 6.07) is 18.0. The zero-order chi connectivity index (χ0) is 22.4. The van der Waals surface area contributed by atoms with Crippen LogP contribution in [0.1, 0.15) is 19.4 Å². The Morgan fingerprint density at radius 3 is 2.52 bits per heavy atom. The number of carbonyl (C=O) groups is 2. The number of carbonyl (C=O) groups excluding carboxylic acids is 2. The molecule has 3 aromatic carbocycles. The molecule has 0 unspecified atom stereocenters. The maximum absolute atomic E-state index is 13.1. The van der Waals surface area contributed by atoms with Crippen LogP contribution in [0.3, 0.4) is 0 Å². The van der Waals surface area contributed by atoms with Crippen molar-refractivity contribution < 1.29 is 14.3 Å². The highest BCUT2D eigenvalue weighted by Gasteiger charge is 2.26. The van der Waals surface area contributed by atoms with Gasteiger partial charge in [0.15, 0.2) is 6.61 Å². The second-order valence-corrected chi connectivity index (χ2v) is 7.92. The molecule has 31 heavy (non-hydrogen) atoms. The average molecular weight is 459 g/mol. The Morgan fingerprint density at radius 2 is 1.77 bits per heavy atom. The lowest BCUT2D eigenvalue weighted by Crippen LogP contribution is -2.49. The van der Waals surface area contributed by atoms with E-state index in [0.717, 1.165) is 16.3 Å². The van der Waals surface area contributed by atoms with E-state index in [0.29, 0.717) is 22.3 Å². The Hall–Kier alpha value is -2.76. The molecule has 0 fully saturated rings. The predicted molar refractivity (Wildman–Crippen MR) is 125 cm³/mol. The summed E-state index contributed by atoms with van der Waals surface area (Å²) in [6.45, 7) is 4.01. The first kappa shape index (κ1) is 22.9. The quantitative estimate of drug-likeness (QED) is 0.511. The molecule has 0 aromatic heterocycles. The lowest BCUT2D eigenvalue weighted by molar-refractivity contribution is -0.142. The fraction of sp³-hybridized carbons (Fsp3) is 0.250. The van der Waals surface area contributed by atoms with E-state index in [4.69, 9.17) is 27.9 Å². The molecule has 3 rings (SSSR count). The van der Waals surface area contributed by atoms with Gasteiger partial charge in [-0.2, -0.15) is 0 Å². The van der Waals surface area contributed by atoms with Gasteiger partial charge in [-0.05, 0) is 43.0 Å². The zero-order valence-corrected chi connectivity index (χ0v) is 18.9. The molecule has 0 saturated heterocycles. The van der Waals surface area contributed by atoms with E-state index in [1.165, 1.54) is 4.90 Å². The van der Waals surface area contributed by atoms with E-state index in [1.54, 1.807) is 25.1 Å². The molecule has 0 aliphatic heterocycles. The number of benzene rings is 3. The van der Waals surface area contributed by atoms with E-state index < -0.39 is 6.04 Å². The summed E-state index contributed by atoms with van der Waals surface area (Å²) in [5, 5.41) is 5.53.